The van der Waals surface area contributed by atoms with E-state index in [-0.39, 0.29) is 5.92 Å². The van der Waals surface area contributed by atoms with Crippen LogP contribution in [-0.2, 0) is 4.79 Å². The molecule has 1 saturated heterocycles. The molecule has 0 saturated carbocycles. The molecule has 0 radical (unpaired) electrons. The zero-order valence-corrected chi connectivity index (χ0v) is 20.7. The van der Waals surface area contributed by atoms with Crippen LogP contribution >= 0.6 is 11.8 Å². The third-order valence-corrected chi connectivity index (χ3v) is 7.72. The van der Waals surface area contributed by atoms with Gasteiger partial charge in [-0.15, -0.1) is 11.8 Å². The molecule has 0 bridgehead atoms. The molecule has 3 aromatic rings. The second-order valence-corrected chi connectivity index (χ2v) is 10.0. The van der Waals surface area contributed by atoms with Crippen molar-refractivity contribution in [2.75, 3.05) is 32.5 Å². The zero-order chi connectivity index (χ0) is 24.6. The Morgan fingerprint density at radius 1 is 1.26 bits per heavy atom. The van der Waals surface area contributed by atoms with Crippen LogP contribution in [0.15, 0.2) is 54.1 Å². The second kappa shape index (κ2) is 12.3. The van der Waals surface area contributed by atoms with Crippen molar-refractivity contribution in [3.8, 4) is 5.75 Å². The van der Waals surface area contributed by atoms with Crippen LogP contribution in [0.1, 0.15) is 37.4 Å². The van der Waals surface area contributed by atoms with E-state index in [4.69, 9.17) is 4.74 Å². The molecule has 0 spiro atoms. The van der Waals surface area contributed by atoms with Crippen LogP contribution in [0, 0.1) is 11.8 Å². The van der Waals surface area contributed by atoms with Gasteiger partial charge in [0.2, 0.25) is 0 Å². The lowest BCUT2D eigenvalue weighted by atomic mass is 9.81. The summed E-state index contributed by atoms with van der Waals surface area (Å²) in [4.78, 5) is 27.0. The average Bonchev–Trinajstić information content (AvgIpc) is 2.89. The number of aromatic nitrogens is 3. The van der Waals surface area contributed by atoms with Crippen molar-refractivity contribution >= 4 is 28.6 Å². The van der Waals surface area contributed by atoms with Gasteiger partial charge in [0.25, 0.3) is 0 Å². The van der Waals surface area contributed by atoms with Crippen LogP contribution in [0.2, 0.25) is 0 Å². The number of aliphatic carboxylic acids is 1. The number of thioether (sulfide) groups is 1. The maximum absolute atomic E-state index is 12.1. The van der Waals surface area contributed by atoms with Gasteiger partial charge < -0.3 is 19.8 Å². The van der Waals surface area contributed by atoms with Gasteiger partial charge in [0.15, 0.2) is 0 Å². The molecule has 1 aliphatic heterocycles. The molecule has 3 heterocycles. The second-order valence-electron chi connectivity index (χ2n) is 8.92. The van der Waals surface area contributed by atoms with Gasteiger partial charge in [0.1, 0.15) is 10.8 Å². The fourth-order valence-corrected chi connectivity index (χ4v) is 5.57. The Balaban J connectivity index is 1.30. The first-order valence-corrected chi connectivity index (χ1v) is 13.0. The first-order valence-electron chi connectivity index (χ1n) is 12.0. The summed E-state index contributed by atoms with van der Waals surface area (Å²) in [6.45, 7) is 2.31. The highest BCUT2D eigenvalue weighted by Gasteiger charge is 2.34. The van der Waals surface area contributed by atoms with E-state index in [1.807, 2.05) is 24.3 Å². The summed E-state index contributed by atoms with van der Waals surface area (Å²) in [7, 11) is 1.61. The summed E-state index contributed by atoms with van der Waals surface area (Å²) < 4.78 is 5.33. The third-order valence-electron chi connectivity index (χ3n) is 6.72. The summed E-state index contributed by atoms with van der Waals surface area (Å²) in [6, 6.07) is 7.46. The molecule has 4 rings (SSSR count). The molecule has 8 nitrogen and oxygen atoms in total. The number of nitrogens with zero attached hydrogens (tertiary/aromatic N) is 4. The molecular formula is C26H32N4O4S. The highest BCUT2D eigenvalue weighted by atomic mass is 32.2. The fraction of sp³-hybridized carbons (Fsp3) is 0.462. The van der Waals surface area contributed by atoms with Crippen LogP contribution in [0.25, 0.3) is 10.9 Å². The molecule has 3 atom stereocenters. The van der Waals surface area contributed by atoms with Crippen molar-refractivity contribution in [2.24, 2.45) is 11.8 Å². The lowest BCUT2D eigenvalue weighted by Crippen LogP contribution is -2.44. The molecule has 2 aromatic heterocycles. The van der Waals surface area contributed by atoms with E-state index in [0.29, 0.717) is 25.1 Å². The largest absolute Gasteiger partial charge is 0.497 e. The van der Waals surface area contributed by atoms with E-state index in [9.17, 15) is 15.0 Å². The topological polar surface area (TPSA) is 109 Å². The van der Waals surface area contributed by atoms with Crippen molar-refractivity contribution in [1.29, 1.82) is 0 Å². The number of pyridine rings is 1. The number of fused-ring (bicyclic) bond motifs is 1. The number of methoxy groups -OCH3 is 1. The van der Waals surface area contributed by atoms with Gasteiger partial charge in [-0.1, -0.05) is 0 Å². The Bertz CT molecular complexity index is 1120. The lowest BCUT2D eigenvalue weighted by molar-refractivity contribution is -0.146. The SMILES string of the molecule is COc1ccc2nccc([C@H](O)CC[C@@H]3CCN(CCCSc4cnccn4)C[C@@H]3C(=O)O)c2c1. The number of aliphatic hydroxyl groups is 1. The van der Waals surface area contributed by atoms with E-state index in [1.54, 1.807) is 43.7 Å². The monoisotopic (exact) mass is 496 g/mol. The maximum atomic E-state index is 12.1. The standard InChI is InChI=1S/C26H32N4O4S/c1-34-19-4-5-23-21(15-19)20(7-9-28-23)24(31)6-3-18-8-13-30(17-22(18)26(32)33)12-2-14-35-25-16-27-10-11-29-25/h4-5,7,9-11,15-16,18,22,24,31H,2-3,6,8,12-14,17H2,1H3,(H,32,33)/t18-,22+,24-/m1/s1. The predicted molar refractivity (Wildman–Crippen MR) is 136 cm³/mol. The smallest absolute Gasteiger partial charge is 0.308 e. The summed E-state index contributed by atoms with van der Waals surface area (Å²) in [5, 5.41) is 22.7. The van der Waals surface area contributed by atoms with E-state index >= 15 is 0 Å². The van der Waals surface area contributed by atoms with Gasteiger partial charge in [-0.2, -0.15) is 0 Å². The number of rotatable bonds is 11. The van der Waals surface area contributed by atoms with Gasteiger partial charge in [-0.25, -0.2) is 4.98 Å². The van der Waals surface area contributed by atoms with Crippen LogP contribution in [0.5, 0.6) is 5.75 Å². The highest BCUT2D eigenvalue weighted by Crippen LogP contribution is 2.34. The quantitative estimate of drug-likeness (QED) is 0.300. The van der Waals surface area contributed by atoms with E-state index in [2.05, 4.69) is 19.9 Å². The van der Waals surface area contributed by atoms with Gasteiger partial charge in [-0.3, -0.25) is 14.8 Å². The summed E-state index contributed by atoms with van der Waals surface area (Å²) in [6.07, 6.45) is 9.11. The average molecular weight is 497 g/mol. The number of piperidine rings is 1. The van der Waals surface area contributed by atoms with Gasteiger partial charge in [0, 0.05) is 36.3 Å². The number of aliphatic hydroxyl groups excluding tert-OH is 1. The maximum Gasteiger partial charge on any atom is 0.308 e. The Hall–Kier alpha value is -2.75. The minimum absolute atomic E-state index is 0.0509. The minimum Gasteiger partial charge on any atom is -0.497 e. The molecule has 0 amide bonds. The van der Waals surface area contributed by atoms with Gasteiger partial charge in [-0.05, 0) is 74.5 Å². The Morgan fingerprint density at radius 2 is 2.14 bits per heavy atom. The highest BCUT2D eigenvalue weighted by molar-refractivity contribution is 7.99. The summed E-state index contributed by atoms with van der Waals surface area (Å²) in [5.74, 6) is 0.523. The number of benzene rings is 1. The lowest BCUT2D eigenvalue weighted by Gasteiger charge is -2.37. The van der Waals surface area contributed by atoms with Crippen LogP contribution in [0.3, 0.4) is 0 Å². The minimum atomic E-state index is -0.748. The number of hydrogen-bond acceptors (Lipinski definition) is 8. The number of carbonyl (C=O) groups is 1. The number of likely N-dealkylation sites (tertiary alicyclic amines) is 1. The molecule has 1 aliphatic rings. The Labute approximate surface area is 209 Å². The molecule has 35 heavy (non-hydrogen) atoms. The van der Waals surface area contributed by atoms with Crippen molar-refractivity contribution in [2.45, 2.75) is 36.8 Å². The van der Waals surface area contributed by atoms with Crippen molar-refractivity contribution in [3.63, 3.8) is 0 Å². The first kappa shape index (κ1) is 25.3. The van der Waals surface area contributed by atoms with Gasteiger partial charge >= 0.3 is 5.97 Å². The number of carboxylic acid groups (broad SMARTS) is 1. The van der Waals surface area contributed by atoms with Gasteiger partial charge in [0.05, 0.1) is 30.8 Å². The van der Waals surface area contributed by atoms with Crippen molar-refractivity contribution in [3.05, 3.63) is 54.6 Å². The van der Waals surface area contributed by atoms with E-state index < -0.39 is 18.0 Å². The van der Waals surface area contributed by atoms with E-state index in [1.165, 1.54) is 0 Å². The van der Waals surface area contributed by atoms with Crippen LogP contribution < -0.4 is 4.74 Å². The molecule has 1 fully saturated rings. The molecular weight excluding hydrogens is 464 g/mol. The van der Waals surface area contributed by atoms with Crippen LogP contribution in [0.4, 0.5) is 0 Å². The van der Waals surface area contributed by atoms with Crippen molar-refractivity contribution < 1.29 is 19.7 Å². The third kappa shape index (κ3) is 6.68. The Morgan fingerprint density at radius 3 is 2.91 bits per heavy atom. The zero-order valence-electron chi connectivity index (χ0n) is 19.9. The number of carboxylic acids is 1. The normalized spacial score (nSPS) is 19.5. The fourth-order valence-electron chi connectivity index (χ4n) is 4.81. The number of ether oxygens (including phenoxy) is 1. The molecule has 0 unspecified atom stereocenters. The Kier molecular flexibility index (Phi) is 8.90. The summed E-state index contributed by atoms with van der Waals surface area (Å²) >= 11 is 1.67. The molecule has 2 N–H and O–H groups in total. The number of hydrogen-bond donors (Lipinski definition) is 2. The first-order chi connectivity index (χ1) is 17.0. The predicted octanol–water partition coefficient (Wildman–Crippen LogP) is 4.05. The van der Waals surface area contributed by atoms with Crippen molar-refractivity contribution in [1.82, 2.24) is 19.9 Å². The molecule has 9 heteroatoms. The molecule has 1 aromatic carbocycles. The summed E-state index contributed by atoms with van der Waals surface area (Å²) in [5.41, 5.74) is 1.61. The van der Waals surface area contributed by atoms with Crippen LogP contribution in [-0.4, -0.2) is 68.5 Å². The molecule has 0 aliphatic carbocycles. The molecule has 186 valence electrons. The van der Waals surface area contributed by atoms with E-state index in [0.717, 1.165) is 53.2 Å².